The highest BCUT2D eigenvalue weighted by molar-refractivity contribution is 6.30. The Morgan fingerprint density at radius 3 is 2.21 bits per heavy atom. The number of halogens is 1. The first-order valence-corrected chi connectivity index (χ1v) is 9.26. The van der Waals surface area contributed by atoms with Crippen LogP contribution in [0.1, 0.15) is 20.7 Å². The van der Waals surface area contributed by atoms with Gasteiger partial charge in [-0.25, -0.2) is 9.78 Å². The van der Waals surface area contributed by atoms with Crippen LogP contribution in [0, 0.1) is 0 Å². The minimum absolute atomic E-state index is 0.293. The Morgan fingerprint density at radius 2 is 1.48 bits per heavy atom. The average Bonchev–Trinajstić information content (AvgIpc) is 2.77. The summed E-state index contributed by atoms with van der Waals surface area (Å²) in [4.78, 5) is 33.3. The number of esters is 1. The number of nitrogens with zero attached hydrogens (tertiary/aromatic N) is 2. The smallest absolute Gasteiger partial charge is 0.338 e. The summed E-state index contributed by atoms with van der Waals surface area (Å²) >= 11 is 5.80. The molecule has 0 saturated heterocycles. The summed E-state index contributed by atoms with van der Waals surface area (Å²) < 4.78 is 5.13. The molecular weight excluding hydrogens is 388 g/mol. The van der Waals surface area contributed by atoms with Gasteiger partial charge in [0.25, 0.3) is 0 Å². The van der Waals surface area contributed by atoms with E-state index in [0.29, 0.717) is 21.8 Å². The molecule has 0 N–H and O–H groups in total. The maximum absolute atomic E-state index is 12.2. The molecule has 0 saturated carbocycles. The number of rotatable bonds is 5. The molecule has 29 heavy (non-hydrogen) atoms. The topological polar surface area (TPSA) is 69.2 Å². The molecule has 3 aromatic carbocycles. The Kier molecular flexibility index (Phi) is 5.31. The van der Waals surface area contributed by atoms with Crippen molar-refractivity contribution in [1.82, 2.24) is 9.97 Å². The van der Waals surface area contributed by atoms with E-state index in [9.17, 15) is 9.59 Å². The lowest BCUT2D eigenvalue weighted by molar-refractivity contribution is 0.0475. The van der Waals surface area contributed by atoms with Crippen LogP contribution in [0.25, 0.3) is 22.3 Å². The molecule has 1 heterocycles. The Morgan fingerprint density at radius 1 is 0.828 bits per heavy atom. The number of ketones is 1. The van der Waals surface area contributed by atoms with Crippen LogP contribution >= 0.6 is 11.6 Å². The van der Waals surface area contributed by atoms with Crippen LogP contribution in [-0.2, 0) is 4.74 Å². The summed E-state index contributed by atoms with van der Waals surface area (Å²) in [5, 5.41) is 0.537. The van der Waals surface area contributed by atoms with Crippen LogP contribution in [0.3, 0.4) is 0 Å². The first-order valence-electron chi connectivity index (χ1n) is 8.88. The van der Waals surface area contributed by atoms with Gasteiger partial charge in [-0.2, -0.15) is 0 Å². The Labute approximate surface area is 172 Å². The predicted molar refractivity (Wildman–Crippen MR) is 111 cm³/mol. The van der Waals surface area contributed by atoms with Crippen molar-refractivity contribution in [1.29, 1.82) is 0 Å². The Hall–Kier alpha value is -3.57. The van der Waals surface area contributed by atoms with Gasteiger partial charge in [-0.15, -0.1) is 0 Å². The first-order chi connectivity index (χ1) is 14.1. The molecule has 0 atom stereocenters. The summed E-state index contributed by atoms with van der Waals surface area (Å²) in [6.07, 6.45) is 1.69. The minimum atomic E-state index is -0.566. The van der Waals surface area contributed by atoms with Gasteiger partial charge in [0.05, 0.1) is 28.5 Å². The van der Waals surface area contributed by atoms with Gasteiger partial charge in [-0.3, -0.25) is 9.78 Å². The largest absolute Gasteiger partial charge is 0.454 e. The predicted octanol–water partition coefficient (Wildman–Crippen LogP) is 4.99. The number of carbonyl (C=O) groups is 2. The molecule has 0 aliphatic rings. The summed E-state index contributed by atoms with van der Waals surface area (Å²) in [5.41, 5.74) is 3.95. The molecule has 0 radical (unpaired) electrons. The number of benzene rings is 3. The number of hydrogen-bond acceptors (Lipinski definition) is 5. The van der Waals surface area contributed by atoms with Gasteiger partial charge in [0, 0.05) is 16.1 Å². The van der Waals surface area contributed by atoms with Crippen molar-refractivity contribution >= 4 is 34.4 Å². The second kappa shape index (κ2) is 8.20. The monoisotopic (exact) mass is 402 g/mol. The molecule has 0 aliphatic heterocycles. The van der Waals surface area contributed by atoms with Crippen LogP contribution in [0.2, 0.25) is 5.02 Å². The van der Waals surface area contributed by atoms with Crippen molar-refractivity contribution in [3.8, 4) is 11.3 Å². The molecule has 0 unspecified atom stereocenters. The van der Waals surface area contributed by atoms with E-state index in [4.69, 9.17) is 16.3 Å². The highest BCUT2D eigenvalue weighted by atomic mass is 35.5. The highest BCUT2D eigenvalue weighted by Crippen LogP contribution is 2.20. The maximum Gasteiger partial charge on any atom is 0.338 e. The van der Waals surface area contributed by atoms with E-state index < -0.39 is 5.97 Å². The lowest BCUT2D eigenvalue weighted by atomic mass is 10.1. The molecule has 0 bridgehead atoms. The number of fused-ring (bicyclic) bond motifs is 1. The average molecular weight is 403 g/mol. The number of Topliss-reactive ketones (excluding diaryl/α,β-unsaturated/α-hetero) is 1. The van der Waals surface area contributed by atoms with E-state index in [0.717, 1.165) is 16.6 Å². The molecule has 4 aromatic rings. The second-order valence-electron chi connectivity index (χ2n) is 6.33. The van der Waals surface area contributed by atoms with Gasteiger partial charge in [0.2, 0.25) is 0 Å². The van der Waals surface area contributed by atoms with E-state index in [1.807, 2.05) is 24.3 Å². The van der Waals surface area contributed by atoms with Crippen molar-refractivity contribution in [2.24, 2.45) is 0 Å². The summed E-state index contributed by atoms with van der Waals surface area (Å²) in [6.45, 7) is -0.335. The number of para-hydroxylation sites is 2. The molecule has 1 aromatic heterocycles. The van der Waals surface area contributed by atoms with Crippen molar-refractivity contribution < 1.29 is 14.3 Å². The number of carbonyl (C=O) groups excluding carboxylic acids is 2. The zero-order chi connectivity index (χ0) is 20.2. The normalized spacial score (nSPS) is 10.7. The minimum Gasteiger partial charge on any atom is -0.454 e. The zero-order valence-electron chi connectivity index (χ0n) is 15.2. The molecule has 0 spiro atoms. The van der Waals surface area contributed by atoms with Crippen LogP contribution < -0.4 is 0 Å². The van der Waals surface area contributed by atoms with E-state index >= 15 is 0 Å². The van der Waals surface area contributed by atoms with E-state index in [1.54, 1.807) is 54.7 Å². The van der Waals surface area contributed by atoms with E-state index in [2.05, 4.69) is 9.97 Å². The lowest BCUT2D eigenvalue weighted by Crippen LogP contribution is -2.14. The van der Waals surface area contributed by atoms with Gasteiger partial charge in [-0.1, -0.05) is 35.9 Å². The standard InChI is InChI=1S/C23H15ClN2O3/c24-18-11-9-16(10-12-18)22(27)14-29-23(28)17-7-5-15(6-8-17)21-13-25-19-3-1-2-4-20(19)26-21/h1-13H,14H2. The van der Waals surface area contributed by atoms with Crippen LogP contribution in [0.15, 0.2) is 79.0 Å². The van der Waals surface area contributed by atoms with Crippen molar-refractivity contribution in [3.05, 3.63) is 95.1 Å². The zero-order valence-corrected chi connectivity index (χ0v) is 16.0. The quantitative estimate of drug-likeness (QED) is 0.347. The van der Waals surface area contributed by atoms with Gasteiger partial charge < -0.3 is 4.74 Å². The van der Waals surface area contributed by atoms with Crippen molar-refractivity contribution in [2.45, 2.75) is 0 Å². The van der Waals surface area contributed by atoms with Gasteiger partial charge in [0.1, 0.15) is 0 Å². The van der Waals surface area contributed by atoms with Crippen molar-refractivity contribution in [3.63, 3.8) is 0 Å². The molecular formula is C23H15ClN2O3. The third kappa shape index (κ3) is 4.31. The fourth-order valence-electron chi connectivity index (χ4n) is 2.81. The second-order valence-corrected chi connectivity index (χ2v) is 6.76. The SMILES string of the molecule is O=C(COC(=O)c1ccc(-c2cnc3ccccc3n2)cc1)c1ccc(Cl)cc1. The molecule has 5 nitrogen and oxygen atoms in total. The third-order valence-corrected chi connectivity index (χ3v) is 4.62. The van der Waals surface area contributed by atoms with Crippen LogP contribution in [0.5, 0.6) is 0 Å². The summed E-state index contributed by atoms with van der Waals surface area (Å²) in [5.74, 6) is -0.860. The van der Waals surface area contributed by atoms with Crippen molar-refractivity contribution in [2.75, 3.05) is 6.61 Å². The molecule has 0 amide bonds. The summed E-state index contributed by atoms with van der Waals surface area (Å²) in [6, 6.07) is 20.9. The Bertz CT molecular complexity index is 1190. The fourth-order valence-corrected chi connectivity index (χ4v) is 2.93. The first kappa shape index (κ1) is 18.8. The molecule has 142 valence electrons. The number of ether oxygens (including phenoxy) is 1. The number of hydrogen-bond donors (Lipinski definition) is 0. The number of aromatic nitrogens is 2. The fraction of sp³-hybridized carbons (Fsp3) is 0.0435. The van der Waals surface area contributed by atoms with Crippen LogP contribution in [0.4, 0.5) is 0 Å². The highest BCUT2D eigenvalue weighted by Gasteiger charge is 2.12. The van der Waals surface area contributed by atoms with E-state index in [1.165, 1.54) is 0 Å². The third-order valence-electron chi connectivity index (χ3n) is 4.37. The lowest BCUT2D eigenvalue weighted by Gasteiger charge is -2.06. The molecule has 6 heteroatoms. The van der Waals surface area contributed by atoms with E-state index in [-0.39, 0.29) is 12.4 Å². The summed E-state index contributed by atoms with van der Waals surface area (Å²) in [7, 11) is 0. The Balaban J connectivity index is 1.43. The van der Waals surface area contributed by atoms with Gasteiger partial charge in [-0.05, 0) is 48.5 Å². The van der Waals surface area contributed by atoms with Gasteiger partial charge >= 0.3 is 5.97 Å². The van der Waals surface area contributed by atoms with Crippen LogP contribution in [-0.4, -0.2) is 28.3 Å². The maximum atomic E-state index is 12.2. The molecule has 4 rings (SSSR count). The molecule has 0 fully saturated rings. The van der Waals surface area contributed by atoms with Gasteiger partial charge in [0.15, 0.2) is 12.4 Å². The molecule has 0 aliphatic carbocycles.